The monoisotopic (exact) mass is 564 g/mol. The van der Waals surface area contributed by atoms with E-state index in [1.807, 2.05) is 0 Å². The molecular formula is C23H17F7N3O6+. The van der Waals surface area contributed by atoms with Crippen molar-refractivity contribution in [3.63, 3.8) is 0 Å². The van der Waals surface area contributed by atoms with Gasteiger partial charge in [-0.3, -0.25) is 14.8 Å². The highest BCUT2D eigenvalue weighted by atomic mass is 19.4. The number of benzene rings is 2. The zero-order valence-electron chi connectivity index (χ0n) is 19.7. The van der Waals surface area contributed by atoms with Crippen molar-refractivity contribution in [2.75, 3.05) is 12.4 Å². The summed E-state index contributed by atoms with van der Waals surface area (Å²) < 4.78 is 107. The van der Waals surface area contributed by atoms with E-state index in [1.54, 1.807) is 0 Å². The van der Waals surface area contributed by atoms with E-state index in [9.17, 15) is 41.1 Å². The van der Waals surface area contributed by atoms with Crippen LogP contribution in [-0.4, -0.2) is 30.5 Å². The number of amides is 2. The van der Waals surface area contributed by atoms with E-state index in [0.717, 1.165) is 37.6 Å². The summed E-state index contributed by atoms with van der Waals surface area (Å²) in [6, 6.07) is 4.22. The molecule has 0 aliphatic heterocycles. The van der Waals surface area contributed by atoms with Gasteiger partial charge in [-0.15, -0.1) is 13.2 Å². The van der Waals surface area contributed by atoms with Crippen LogP contribution in [-0.2, 0) is 6.18 Å². The Morgan fingerprint density at radius 1 is 1.00 bits per heavy atom. The van der Waals surface area contributed by atoms with Gasteiger partial charge in [0.05, 0.1) is 18.4 Å². The molecule has 4 N–H and O–H groups in total. The van der Waals surface area contributed by atoms with Crippen molar-refractivity contribution >= 4 is 17.5 Å². The normalized spacial score (nSPS) is 11.6. The Morgan fingerprint density at radius 3 is 2.21 bits per heavy atom. The number of nitrogens with one attached hydrogen (secondary N) is 1. The maximum absolute atomic E-state index is 15.1. The van der Waals surface area contributed by atoms with E-state index in [4.69, 9.17) is 15.2 Å². The highest BCUT2D eigenvalue weighted by Crippen LogP contribution is 2.41. The molecule has 39 heavy (non-hydrogen) atoms. The number of halogens is 7. The number of ether oxygens (including phenoxy) is 3. The summed E-state index contributed by atoms with van der Waals surface area (Å²) in [5.41, 5.74) is 1.40. The molecule has 1 heterocycles. The molecule has 0 aliphatic carbocycles. The summed E-state index contributed by atoms with van der Waals surface area (Å²) in [5, 5.41) is 11.9. The van der Waals surface area contributed by atoms with E-state index in [0.29, 0.717) is 16.9 Å². The van der Waals surface area contributed by atoms with E-state index in [1.165, 1.54) is 6.92 Å². The van der Waals surface area contributed by atoms with Crippen LogP contribution in [0.2, 0.25) is 0 Å². The lowest BCUT2D eigenvalue weighted by molar-refractivity contribution is -0.906. The third-order valence-electron chi connectivity index (χ3n) is 4.99. The number of methoxy groups -OCH3 is 1. The van der Waals surface area contributed by atoms with Gasteiger partial charge in [0.1, 0.15) is 17.1 Å². The molecule has 3 aromatic rings. The number of carbonyl (C=O) groups is 2. The highest BCUT2D eigenvalue weighted by Gasteiger charge is 2.38. The molecule has 0 radical (unpaired) electrons. The summed E-state index contributed by atoms with van der Waals surface area (Å²) in [6.45, 7) is 1.34. The molecule has 2 amide bonds. The fourth-order valence-corrected chi connectivity index (χ4v) is 3.26. The zero-order chi connectivity index (χ0) is 29.3. The van der Waals surface area contributed by atoms with Gasteiger partial charge in [-0.2, -0.15) is 13.2 Å². The number of pyridine rings is 1. The average molecular weight is 564 g/mol. The number of carbonyl (C=O) groups excluding carboxylic acids is 2. The Kier molecular flexibility index (Phi) is 7.79. The first-order chi connectivity index (χ1) is 18.0. The Labute approximate surface area is 214 Å². The fraction of sp³-hybridized carbons (Fsp3) is 0.174. The number of primary amides is 1. The molecule has 0 saturated carbocycles. The van der Waals surface area contributed by atoms with Crippen LogP contribution in [0, 0.1) is 12.7 Å². The second-order valence-corrected chi connectivity index (χ2v) is 7.68. The number of rotatable bonds is 7. The quantitative estimate of drug-likeness (QED) is 0.217. The minimum atomic E-state index is -5.23. The van der Waals surface area contributed by atoms with Crippen LogP contribution in [0.5, 0.6) is 23.0 Å². The number of nitrogens with zero attached hydrogens (tertiary/aromatic N) is 1. The van der Waals surface area contributed by atoms with Crippen molar-refractivity contribution in [2.45, 2.75) is 19.5 Å². The molecule has 1 aromatic heterocycles. The molecule has 16 heteroatoms. The van der Waals surface area contributed by atoms with Crippen molar-refractivity contribution in [3.8, 4) is 23.0 Å². The minimum absolute atomic E-state index is 0.0904. The van der Waals surface area contributed by atoms with Crippen molar-refractivity contribution in [3.05, 3.63) is 70.8 Å². The molecule has 0 aliphatic rings. The lowest BCUT2D eigenvalue weighted by Crippen LogP contribution is -2.40. The van der Waals surface area contributed by atoms with Crippen LogP contribution in [0.15, 0.2) is 42.6 Å². The van der Waals surface area contributed by atoms with Gasteiger partial charge < -0.3 is 25.3 Å². The number of aromatic nitrogens is 1. The van der Waals surface area contributed by atoms with Crippen LogP contribution in [0.25, 0.3) is 0 Å². The number of anilines is 1. The lowest BCUT2D eigenvalue weighted by atomic mass is 10.1. The van der Waals surface area contributed by atoms with Gasteiger partial charge in [-0.05, 0) is 31.2 Å². The third-order valence-corrected chi connectivity index (χ3v) is 4.99. The van der Waals surface area contributed by atoms with Crippen LogP contribution in [0.3, 0.4) is 0 Å². The van der Waals surface area contributed by atoms with Crippen LogP contribution in [0.4, 0.5) is 36.4 Å². The smallest absolute Gasteiger partial charge is 0.493 e. The molecule has 9 nitrogen and oxygen atoms in total. The van der Waals surface area contributed by atoms with Gasteiger partial charge in [-0.25, -0.2) is 4.39 Å². The zero-order valence-corrected chi connectivity index (χ0v) is 19.7. The first-order valence-corrected chi connectivity index (χ1v) is 10.4. The van der Waals surface area contributed by atoms with Gasteiger partial charge in [0, 0.05) is 22.4 Å². The third kappa shape index (κ3) is 6.58. The Hall–Kier alpha value is -4.76. The molecule has 0 unspecified atom stereocenters. The number of alkyl halides is 6. The first kappa shape index (κ1) is 28.8. The van der Waals surface area contributed by atoms with Crippen molar-refractivity contribution in [1.29, 1.82) is 0 Å². The van der Waals surface area contributed by atoms with E-state index in [2.05, 4.69) is 10.1 Å². The van der Waals surface area contributed by atoms with E-state index in [-0.39, 0.29) is 11.3 Å². The van der Waals surface area contributed by atoms with Gasteiger partial charge in [-0.1, -0.05) is 0 Å². The molecule has 3 rings (SSSR count). The molecule has 0 atom stereocenters. The second kappa shape index (κ2) is 10.5. The number of aryl methyl sites for hydroxylation is 1. The van der Waals surface area contributed by atoms with Crippen molar-refractivity contribution in [2.24, 2.45) is 5.73 Å². The molecular weight excluding hydrogens is 547 g/mol. The van der Waals surface area contributed by atoms with Gasteiger partial charge in [0.15, 0.2) is 17.3 Å². The summed E-state index contributed by atoms with van der Waals surface area (Å²) in [5.74, 6) is -6.95. The molecule has 2 aromatic carbocycles. The van der Waals surface area contributed by atoms with Gasteiger partial charge in [0.25, 0.3) is 5.91 Å². The number of hydrogen-bond acceptors (Lipinski definition) is 6. The second-order valence-electron chi connectivity index (χ2n) is 7.68. The van der Waals surface area contributed by atoms with E-state index >= 15 is 4.39 Å². The summed E-state index contributed by atoms with van der Waals surface area (Å²) in [7, 11) is 1.03. The fourth-order valence-electron chi connectivity index (χ4n) is 3.26. The topological polar surface area (TPSA) is 124 Å². The largest absolute Gasteiger partial charge is 0.573 e. The Morgan fingerprint density at radius 2 is 1.64 bits per heavy atom. The molecule has 0 saturated heterocycles. The molecule has 0 spiro atoms. The predicted octanol–water partition coefficient (Wildman–Crippen LogP) is 4.73. The molecule has 208 valence electrons. The number of nitrogens with two attached hydrogens (primary N) is 1. The van der Waals surface area contributed by atoms with Crippen LogP contribution in [0.1, 0.15) is 32.0 Å². The standard InChI is InChI=1S/C23H16F7N3O6/c1-10-9-33(36)14(20(31)34)8-13(10)32-21(35)18-16(6-4-12(19(18)24)22(25,26)27)38-15-5-3-11(7-17(15)37-2)39-23(28,29)30/h3-9,36H,1-2H3,(H2,31,34)/p+1. The summed E-state index contributed by atoms with van der Waals surface area (Å²) in [4.78, 5) is 24.6. The molecule has 0 fully saturated rings. The maximum Gasteiger partial charge on any atom is 0.573 e. The minimum Gasteiger partial charge on any atom is -0.493 e. The summed E-state index contributed by atoms with van der Waals surface area (Å²) >= 11 is 0. The Bertz CT molecular complexity index is 1440. The van der Waals surface area contributed by atoms with Crippen molar-refractivity contribution < 1.29 is 64.5 Å². The molecule has 0 bridgehead atoms. The average Bonchev–Trinajstić information content (AvgIpc) is 2.79. The van der Waals surface area contributed by atoms with Gasteiger partial charge >= 0.3 is 24.1 Å². The Balaban J connectivity index is 2.10. The highest BCUT2D eigenvalue weighted by molar-refractivity contribution is 6.07. The number of hydrogen-bond donors (Lipinski definition) is 3. The predicted molar refractivity (Wildman–Crippen MR) is 116 cm³/mol. The van der Waals surface area contributed by atoms with E-state index < -0.39 is 70.0 Å². The van der Waals surface area contributed by atoms with Crippen molar-refractivity contribution in [1.82, 2.24) is 0 Å². The summed E-state index contributed by atoms with van der Waals surface area (Å²) in [6.07, 6.45) is -9.32. The van der Waals surface area contributed by atoms with Crippen LogP contribution >= 0.6 is 0 Å². The van der Waals surface area contributed by atoms with Crippen LogP contribution < -0.4 is 30.0 Å². The van der Waals surface area contributed by atoms with Gasteiger partial charge in [0.2, 0.25) is 6.20 Å². The lowest BCUT2D eigenvalue weighted by Gasteiger charge is -2.18. The first-order valence-electron chi connectivity index (χ1n) is 10.4. The SMILES string of the molecule is COc1cc(OC(F)(F)F)ccc1Oc1ccc(C(F)(F)F)c(F)c1C(=O)Nc1cc(C(N)=O)[n+](O)cc1C. The maximum atomic E-state index is 15.1.